The molecule has 4 rings (SSSR count). The van der Waals surface area contributed by atoms with Gasteiger partial charge in [-0.3, -0.25) is 9.69 Å². The average Bonchev–Trinajstić information content (AvgIpc) is 3.19. The second-order valence-electron chi connectivity index (χ2n) is 7.12. The number of hydrogen-bond acceptors (Lipinski definition) is 4. The molecule has 2 aliphatic rings. The number of aromatic nitrogens is 2. The van der Waals surface area contributed by atoms with Crippen molar-refractivity contribution < 1.29 is 9.53 Å². The molecule has 1 aliphatic heterocycles. The van der Waals surface area contributed by atoms with Crippen LogP contribution in [0, 0.1) is 0 Å². The molecular formula is C20H26N4O2. The summed E-state index contributed by atoms with van der Waals surface area (Å²) in [6, 6.07) is 6.27. The Balaban J connectivity index is 1.24. The molecule has 0 bridgehead atoms. The molecule has 26 heavy (non-hydrogen) atoms. The molecule has 1 aromatic heterocycles. The first-order valence-electron chi connectivity index (χ1n) is 9.51. The smallest absolute Gasteiger partial charge is 0.260 e. The van der Waals surface area contributed by atoms with Gasteiger partial charge in [0.05, 0.1) is 6.54 Å². The lowest BCUT2D eigenvalue weighted by atomic mass is 9.92. The zero-order valence-electron chi connectivity index (χ0n) is 15.1. The Kier molecular flexibility index (Phi) is 5.20. The molecule has 2 aromatic rings. The van der Waals surface area contributed by atoms with Crippen molar-refractivity contribution in [2.24, 2.45) is 0 Å². The Hall–Kier alpha value is -2.34. The zero-order chi connectivity index (χ0) is 17.8. The number of aryl methyl sites for hydroxylation is 2. The van der Waals surface area contributed by atoms with E-state index in [0.29, 0.717) is 0 Å². The predicted molar refractivity (Wildman–Crippen MR) is 99.0 cm³/mol. The van der Waals surface area contributed by atoms with E-state index in [4.69, 9.17) is 4.74 Å². The summed E-state index contributed by atoms with van der Waals surface area (Å²) in [7, 11) is 0. The highest BCUT2D eigenvalue weighted by atomic mass is 16.5. The number of aromatic amines is 1. The van der Waals surface area contributed by atoms with Gasteiger partial charge in [0.2, 0.25) is 0 Å². The zero-order valence-corrected chi connectivity index (χ0v) is 15.1. The summed E-state index contributed by atoms with van der Waals surface area (Å²) in [5, 5.41) is 0. The van der Waals surface area contributed by atoms with E-state index in [1.807, 2.05) is 17.2 Å². The number of benzene rings is 1. The predicted octanol–water partition coefficient (Wildman–Crippen LogP) is 2.01. The summed E-state index contributed by atoms with van der Waals surface area (Å²) in [4.78, 5) is 24.0. The number of carbonyl (C=O) groups excluding carboxylic acids is 1. The minimum Gasteiger partial charge on any atom is -0.484 e. The number of carbonyl (C=O) groups is 1. The lowest BCUT2D eigenvalue weighted by Crippen LogP contribution is -2.49. The molecule has 138 valence electrons. The molecule has 0 unspecified atom stereocenters. The van der Waals surface area contributed by atoms with Gasteiger partial charge in [0.1, 0.15) is 11.6 Å². The van der Waals surface area contributed by atoms with E-state index in [2.05, 4.69) is 27.0 Å². The van der Waals surface area contributed by atoms with Gasteiger partial charge in [0.15, 0.2) is 6.61 Å². The highest BCUT2D eigenvalue weighted by Crippen LogP contribution is 2.25. The summed E-state index contributed by atoms with van der Waals surface area (Å²) in [6.07, 6.45) is 8.42. The largest absolute Gasteiger partial charge is 0.484 e. The van der Waals surface area contributed by atoms with Crippen LogP contribution in [0.4, 0.5) is 0 Å². The Morgan fingerprint density at radius 2 is 1.92 bits per heavy atom. The lowest BCUT2D eigenvalue weighted by molar-refractivity contribution is -0.135. The number of hydrogen-bond donors (Lipinski definition) is 1. The van der Waals surface area contributed by atoms with Gasteiger partial charge in [-0.1, -0.05) is 6.07 Å². The van der Waals surface area contributed by atoms with Gasteiger partial charge in [-0.05, 0) is 48.9 Å². The molecule has 0 spiro atoms. The van der Waals surface area contributed by atoms with E-state index in [1.54, 1.807) is 6.20 Å². The van der Waals surface area contributed by atoms with Crippen molar-refractivity contribution in [3.63, 3.8) is 0 Å². The van der Waals surface area contributed by atoms with E-state index in [1.165, 1.54) is 24.0 Å². The van der Waals surface area contributed by atoms with Crippen molar-refractivity contribution in [2.45, 2.75) is 32.2 Å². The first-order chi connectivity index (χ1) is 12.8. The number of H-pyrrole nitrogens is 1. The molecule has 6 heteroatoms. The third kappa shape index (κ3) is 4.07. The van der Waals surface area contributed by atoms with Crippen LogP contribution in [-0.2, 0) is 24.2 Å². The maximum absolute atomic E-state index is 12.4. The van der Waals surface area contributed by atoms with E-state index < -0.39 is 0 Å². The second kappa shape index (κ2) is 7.91. The summed E-state index contributed by atoms with van der Waals surface area (Å²) in [5.74, 6) is 1.86. The summed E-state index contributed by atoms with van der Waals surface area (Å²) < 4.78 is 5.78. The van der Waals surface area contributed by atoms with Crippen molar-refractivity contribution in [1.29, 1.82) is 0 Å². The molecule has 1 aliphatic carbocycles. The third-order valence-corrected chi connectivity index (χ3v) is 5.34. The van der Waals surface area contributed by atoms with Crippen LogP contribution in [-0.4, -0.2) is 58.5 Å². The molecule has 1 fully saturated rings. The second-order valence-corrected chi connectivity index (χ2v) is 7.12. The summed E-state index contributed by atoms with van der Waals surface area (Å²) >= 11 is 0. The number of piperazine rings is 1. The fourth-order valence-electron chi connectivity index (χ4n) is 3.79. The molecule has 2 heterocycles. The highest BCUT2D eigenvalue weighted by Gasteiger charge is 2.22. The van der Waals surface area contributed by atoms with Gasteiger partial charge < -0.3 is 14.6 Å². The van der Waals surface area contributed by atoms with Crippen LogP contribution in [0.25, 0.3) is 0 Å². The van der Waals surface area contributed by atoms with Crippen LogP contribution >= 0.6 is 0 Å². The van der Waals surface area contributed by atoms with Crippen molar-refractivity contribution >= 4 is 5.91 Å². The molecule has 0 radical (unpaired) electrons. The van der Waals surface area contributed by atoms with Crippen molar-refractivity contribution in [2.75, 3.05) is 32.8 Å². The number of imidazole rings is 1. The van der Waals surface area contributed by atoms with E-state index >= 15 is 0 Å². The number of fused-ring (bicyclic) bond motifs is 1. The fourth-order valence-corrected chi connectivity index (χ4v) is 3.79. The van der Waals surface area contributed by atoms with Crippen LogP contribution in [0.3, 0.4) is 0 Å². The van der Waals surface area contributed by atoms with E-state index in [0.717, 1.165) is 57.1 Å². The van der Waals surface area contributed by atoms with Gasteiger partial charge in [-0.25, -0.2) is 4.98 Å². The minimum atomic E-state index is 0.0698. The van der Waals surface area contributed by atoms with Crippen molar-refractivity contribution in [3.05, 3.63) is 47.5 Å². The van der Waals surface area contributed by atoms with Crippen LogP contribution in [0.15, 0.2) is 30.6 Å². The minimum absolute atomic E-state index is 0.0698. The van der Waals surface area contributed by atoms with E-state index in [9.17, 15) is 4.79 Å². The average molecular weight is 354 g/mol. The molecule has 1 aromatic carbocycles. The van der Waals surface area contributed by atoms with Gasteiger partial charge in [0.25, 0.3) is 5.91 Å². The molecule has 6 nitrogen and oxygen atoms in total. The quantitative estimate of drug-likeness (QED) is 0.892. The first-order valence-corrected chi connectivity index (χ1v) is 9.51. The van der Waals surface area contributed by atoms with Gasteiger partial charge in [-0.2, -0.15) is 0 Å². The molecule has 0 saturated carbocycles. The molecular weight excluding hydrogens is 328 g/mol. The molecule has 0 atom stereocenters. The monoisotopic (exact) mass is 354 g/mol. The number of ether oxygens (including phenoxy) is 1. The fraction of sp³-hybridized carbons (Fsp3) is 0.500. The van der Waals surface area contributed by atoms with Crippen molar-refractivity contribution in [3.8, 4) is 5.75 Å². The van der Waals surface area contributed by atoms with Crippen molar-refractivity contribution in [1.82, 2.24) is 19.8 Å². The molecule has 1 N–H and O–H groups in total. The van der Waals surface area contributed by atoms with Crippen LogP contribution < -0.4 is 4.74 Å². The maximum Gasteiger partial charge on any atom is 0.260 e. The number of rotatable bonds is 5. The molecule has 1 amide bonds. The Bertz CT molecular complexity index is 736. The van der Waals surface area contributed by atoms with Gasteiger partial charge >= 0.3 is 0 Å². The summed E-state index contributed by atoms with van der Waals surface area (Å²) in [5.41, 5.74) is 2.82. The Morgan fingerprint density at radius 3 is 2.69 bits per heavy atom. The number of nitrogens with one attached hydrogen (secondary N) is 1. The topological polar surface area (TPSA) is 61.5 Å². The Morgan fingerprint density at radius 1 is 1.12 bits per heavy atom. The standard InChI is InChI=1S/C20H26N4O2/c25-20(15-26-18-6-5-16-3-1-2-4-17(16)13-18)24-11-9-23(10-12-24)14-19-21-7-8-22-19/h5-8,13H,1-4,9-12,14-15H2,(H,21,22). The lowest BCUT2D eigenvalue weighted by Gasteiger charge is -2.34. The van der Waals surface area contributed by atoms with Gasteiger partial charge in [0, 0.05) is 38.6 Å². The normalized spacial score (nSPS) is 17.8. The molecule has 1 saturated heterocycles. The van der Waals surface area contributed by atoms with Gasteiger partial charge in [-0.15, -0.1) is 0 Å². The third-order valence-electron chi connectivity index (χ3n) is 5.34. The Labute approximate surface area is 154 Å². The van der Waals surface area contributed by atoms with Crippen LogP contribution in [0.1, 0.15) is 29.8 Å². The maximum atomic E-state index is 12.4. The highest BCUT2D eigenvalue weighted by molar-refractivity contribution is 5.77. The number of nitrogens with zero attached hydrogens (tertiary/aromatic N) is 3. The van der Waals surface area contributed by atoms with Crippen LogP contribution in [0.2, 0.25) is 0 Å². The number of amides is 1. The first kappa shape index (κ1) is 17.1. The van der Waals surface area contributed by atoms with E-state index in [-0.39, 0.29) is 12.5 Å². The summed E-state index contributed by atoms with van der Waals surface area (Å²) in [6.45, 7) is 4.15. The SMILES string of the molecule is O=C(COc1ccc2c(c1)CCCC2)N1CCN(Cc2ncc[nH]2)CC1. The van der Waals surface area contributed by atoms with Crippen LogP contribution in [0.5, 0.6) is 5.75 Å².